The van der Waals surface area contributed by atoms with Gasteiger partial charge in [0.2, 0.25) is 0 Å². The van der Waals surface area contributed by atoms with Gasteiger partial charge in [-0.3, -0.25) is 0 Å². The van der Waals surface area contributed by atoms with Crippen LogP contribution in [0.5, 0.6) is 0 Å². The molecule has 6 aromatic rings. The van der Waals surface area contributed by atoms with E-state index in [1.54, 1.807) is 18.2 Å². The normalized spacial score (nSPS) is 12.6. The zero-order chi connectivity index (χ0) is 28.5. The number of aryl methyl sites for hydroxylation is 2. The summed E-state index contributed by atoms with van der Waals surface area (Å²) in [4.78, 5) is 8.73. The van der Waals surface area contributed by atoms with Gasteiger partial charge in [0.15, 0.2) is 0 Å². The van der Waals surface area contributed by atoms with E-state index >= 15 is 0 Å². The summed E-state index contributed by atoms with van der Waals surface area (Å²) in [6.45, 7) is 7.25. The van der Waals surface area contributed by atoms with Gasteiger partial charge < -0.3 is 9.97 Å². The molecule has 3 aromatic carbocycles. The monoisotopic (exact) mass is 710 g/mol. The van der Waals surface area contributed by atoms with Crippen LogP contribution in [0.1, 0.15) is 15.2 Å². The second-order valence-electron chi connectivity index (χ2n) is 10.1. The van der Waals surface area contributed by atoms with Gasteiger partial charge in [-0.25, -0.2) is 0 Å². The van der Waals surface area contributed by atoms with Crippen LogP contribution in [-0.4, -0.2) is 18.0 Å². The van der Waals surface area contributed by atoms with Gasteiger partial charge in [-0.2, -0.15) is 11.3 Å². The molecule has 0 spiro atoms. The number of fused-ring (bicyclic) bond motifs is 3. The van der Waals surface area contributed by atoms with Crippen LogP contribution in [0, 0.1) is 25.9 Å². The number of thiophene rings is 1. The Labute approximate surface area is 248 Å². The van der Waals surface area contributed by atoms with Crippen LogP contribution in [0.3, 0.4) is 0 Å². The molecule has 0 saturated heterocycles. The molecule has 3 aromatic heterocycles. The predicted octanol–water partition coefficient (Wildman–Crippen LogP) is 8.63. The van der Waals surface area contributed by atoms with Crippen molar-refractivity contribution in [3.8, 4) is 22.5 Å². The Morgan fingerprint density at radius 3 is 2.37 bits per heavy atom. The summed E-state index contributed by atoms with van der Waals surface area (Å²) in [5, 5.41) is 4.29. The van der Waals surface area contributed by atoms with E-state index in [4.69, 9.17) is 4.11 Å². The molecule has 5 heteroatoms. The zero-order valence-corrected chi connectivity index (χ0v) is 26.0. The number of aromatic nitrogens is 2. The van der Waals surface area contributed by atoms with Gasteiger partial charge in [0, 0.05) is 49.4 Å². The molecule has 1 radical (unpaired) electrons. The van der Waals surface area contributed by atoms with Gasteiger partial charge in [-0.1, -0.05) is 67.0 Å². The molecule has 3 heterocycles. The van der Waals surface area contributed by atoms with Crippen molar-refractivity contribution in [3.05, 3.63) is 115 Å². The number of rotatable bonds is 3. The standard InChI is InChI=1S/C21H20NSSi.C12H10N.Ir/c1-14-11-12-22-17(13-14)15-9-10-19(24(2,3)4)20-16-7-5-6-8-18(16)23-21(15)20;1-10-7-8-12(13-9-10)11-5-3-2-4-6-11;/h5-8,10-13H,1-4H3;2-5,7-9H,1H3;/q2*-1;/i;1D3;. The molecule has 0 amide bonds. The number of benzene rings is 3. The molecule has 0 bridgehead atoms. The van der Waals surface area contributed by atoms with Crippen molar-refractivity contribution in [1.82, 2.24) is 9.97 Å². The van der Waals surface area contributed by atoms with E-state index < -0.39 is 14.9 Å². The Balaban J connectivity index is 0.000000200. The van der Waals surface area contributed by atoms with Crippen molar-refractivity contribution in [3.63, 3.8) is 0 Å². The molecule has 0 N–H and O–H groups in total. The minimum atomic E-state index is -2.09. The van der Waals surface area contributed by atoms with Gasteiger partial charge >= 0.3 is 0 Å². The topological polar surface area (TPSA) is 25.8 Å². The molecule has 6 rings (SSSR count). The molecule has 0 fully saturated rings. The van der Waals surface area contributed by atoms with E-state index in [1.165, 1.54) is 37.1 Å². The number of hydrogen-bond donors (Lipinski definition) is 0. The van der Waals surface area contributed by atoms with Gasteiger partial charge in [0.05, 0.1) is 0 Å². The first-order valence-corrected chi connectivity index (χ1v) is 16.6. The average molecular weight is 710 g/mol. The molecule has 2 nitrogen and oxygen atoms in total. The van der Waals surface area contributed by atoms with Crippen molar-refractivity contribution >= 4 is 44.8 Å². The summed E-state index contributed by atoms with van der Waals surface area (Å²) in [7, 11) is -1.46. The Morgan fingerprint density at radius 2 is 1.68 bits per heavy atom. The molecule has 0 aliphatic carbocycles. The maximum absolute atomic E-state index is 7.23. The smallest absolute Gasteiger partial charge is 0.0300 e. The molecule has 0 aliphatic heterocycles. The van der Waals surface area contributed by atoms with Gasteiger partial charge in [0.25, 0.3) is 0 Å². The fourth-order valence-corrected chi connectivity index (χ4v) is 7.17. The van der Waals surface area contributed by atoms with Crippen LogP contribution in [0.2, 0.25) is 19.6 Å². The third kappa shape index (κ3) is 6.03. The summed E-state index contributed by atoms with van der Waals surface area (Å²) < 4.78 is 24.4. The van der Waals surface area contributed by atoms with Crippen LogP contribution in [0.4, 0.5) is 0 Å². The van der Waals surface area contributed by atoms with Gasteiger partial charge in [-0.05, 0) is 52.9 Å². The second-order valence-corrected chi connectivity index (χ2v) is 16.1. The van der Waals surface area contributed by atoms with Crippen molar-refractivity contribution < 1.29 is 24.2 Å². The quantitative estimate of drug-likeness (QED) is 0.136. The predicted molar refractivity (Wildman–Crippen MR) is 162 cm³/mol. The third-order valence-electron chi connectivity index (χ3n) is 6.18. The minimum Gasteiger partial charge on any atom is -0.305 e. The maximum Gasteiger partial charge on any atom is 0.0300 e. The minimum absolute atomic E-state index is 0. The van der Waals surface area contributed by atoms with Crippen LogP contribution < -0.4 is 5.19 Å². The SMILES string of the molecule is Cc1ccnc(-c2[c-]cc([Si](C)(C)C)c3c2sc2ccccc23)c1.[2H]C([2H])([2H])c1ccc(-c2[c-]cccc2)nc1.[Ir]. The molecular formula is C33H30IrN2SSi-2. The molecular weight excluding hydrogens is 677 g/mol. The maximum atomic E-state index is 7.23. The molecule has 0 saturated carbocycles. The van der Waals surface area contributed by atoms with Crippen LogP contribution >= 0.6 is 11.3 Å². The summed E-state index contributed by atoms with van der Waals surface area (Å²) in [5.74, 6) is 0. The summed E-state index contributed by atoms with van der Waals surface area (Å²) >= 11 is 1.87. The van der Waals surface area contributed by atoms with Gasteiger partial charge in [-0.15, -0.1) is 58.8 Å². The molecule has 0 aliphatic rings. The number of pyridine rings is 2. The fourth-order valence-electron chi connectivity index (χ4n) is 4.33. The molecule has 38 heavy (non-hydrogen) atoms. The first kappa shape index (κ1) is 24.1. The van der Waals surface area contributed by atoms with Gasteiger partial charge in [0.1, 0.15) is 0 Å². The third-order valence-corrected chi connectivity index (χ3v) is 9.38. The average Bonchev–Trinajstić information content (AvgIpc) is 3.32. The van der Waals surface area contributed by atoms with Crippen LogP contribution in [0.15, 0.2) is 91.3 Å². The summed E-state index contributed by atoms with van der Waals surface area (Å²) in [6.07, 6.45) is 3.28. The van der Waals surface area contributed by atoms with Crippen molar-refractivity contribution in [2.45, 2.75) is 33.4 Å². The van der Waals surface area contributed by atoms with Crippen molar-refractivity contribution in [1.29, 1.82) is 0 Å². The molecule has 0 unspecified atom stereocenters. The van der Waals surface area contributed by atoms with E-state index in [9.17, 15) is 0 Å². The van der Waals surface area contributed by atoms with Crippen LogP contribution in [-0.2, 0) is 20.1 Å². The molecule has 0 atom stereocenters. The van der Waals surface area contributed by atoms with E-state index in [0.29, 0.717) is 0 Å². The van der Waals surface area contributed by atoms with Crippen molar-refractivity contribution in [2.24, 2.45) is 0 Å². The Morgan fingerprint density at radius 1 is 0.868 bits per heavy atom. The Hall–Kier alpha value is -2.95. The van der Waals surface area contributed by atoms with E-state index in [0.717, 1.165) is 22.5 Å². The first-order chi connectivity index (χ1) is 19.0. The van der Waals surface area contributed by atoms with Crippen LogP contribution in [0.25, 0.3) is 42.7 Å². The Kier molecular flexibility index (Phi) is 7.51. The van der Waals surface area contributed by atoms with Crippen molar-refractivity contribution in [2.75, 3.05) is 0 Å². The largest absolute Gasteiger partial charge is 0.305 e. The fraction of sp³-hybridized carbons (Fsp3) is 0.152. The number of hydrogen-bond acceptors (Lipinski definition) is 3. The van der Waals surface area contributed by atoms with E-state index in [1.807, 2.05) is 41.8 Å². The van der Waals surface area contributed by atoms with E-state index in [2.05, 4.69) is 85.1 Å². The second kappa shape index (κ2) is 11.8. The summed E-state index contributed by atoms with van der Waals surface area (Å²) in [6, 6.07) is 32.5. The molecule has 193 valence electrons. The zero-order valence-electron chi connectivity index (χ0n) is 24.8. The first-order valence-electron chi connectivity index (χ1n) is 13.8. The summed E-state index contributed by atoms with van der Waals surface area (Å²) in [5.41, 5.74) is 5.24. The Bertz CT molecular complexity index is 1780. The number of nitrogens with zero attached hydrogens (tertiary/aromatic N) is 2. The van der Waals surface area contributed by atoms with E-state index in [-0.39, 0.29) is 25.7 Å².